The molecule has 3 rings (SSSR count). The van der Waals surface area contributed by atoms with Crippen molar-refractivity contribution >= 4 is 21.1 Å². The Bertz CT molecular complexity index is 881. The van der Waals surface area contributed by atoms with Crippen molar-refractivity contribution in [1.82, 2.24) is 10.2 Å². The molecule has 1 N–H and O–H groups in total. The third kappa shape index (κ3) is 5.60. The number of benzene rings is 2. The fourth-order valence-corrected chi connectivity index (χ4v) is 3.67. The molecule has 4 nitrogen and oxygen atoms in total. The van der Waals surface area contributed by atoms with E-state index in [1.807, 2.05) is 18.2 Å². The summed E-state index contributed by atoms with van der Waals surface area (Å²) >= 11 is 0. The van der Waals surface area contributed by atoms with Gasteiger partial charge in [-0.25, -0.2) is 0 Å². The van der Waals surface area contributed by atoms with Crippen LogP contribution >= 0.6 is 9.24 Å². The maximum absolute atomic E-state index is 13.3. The molecule has 0 aromatic heterocycles. The number of hydrogen-bond donors (Lipinski definition) is 1. The fourth-order valence-electron chi connectivity index (χ4n) is 3.48. The van der Waals surface area contributed by atoms with E-state index in [1.165, 1.54) is 26.9 Å². The number of amides is 2. The molecule has 0 bridgehead atoms. The van der Waals surface area contributed by atoms with E-state index < -0.39 is 5.66 Å². The number of fused-ring (bicyclic) bond motifs is 1. The van der Waals surface area contributed by atoms with Crippen LogP contribution in [0.15, 0.2) is 48.5 Å². The molecule has 0 saturated carbocycles. The van der Waals surface area contributed by atoms with Gasteiger partial charge in [0.05, 0.1) is 6.04 Å². The van der Waals surface area contributed by atoms with Crippen molar-refractivity contribution in [1.29, 1.82) is 0 Å². The predicted octanol–water partition coefficient (Wildman–Crippen LogP) is 4.15. The highest BCUT2D eigenvalue weighted by Gasteiger charge is 2.24. The summed E-state index contributed by atoms with van der Waals surface area (Å²) in [6.07, 6.45) is 1.08. The van der Waals surface area contributed by atoms with Gasteiger partial charge in [-0.1, -0.05) is 57.8 Å². The zero-order valence-electron chi connectivity index (χ0n) is 16.3. The first-order valence-corrected chi connectivity index (χ1v) is 10.2. The van der Waals surface area contributed by atoms with Crippen LogP contribution in [0.5, 0.6) is 0 Å². The molecule has 0 fully saturated rings. The second-order valence-corrected chi connectivity index (χ2v) is 8.09. The highest BCUT2D eigenvalue weighted by atomic mass is 31.0. The Morgan fingerprint density at radius 2 is 1.76 bits per heavy atom. The van der Waals surface area contributed by atoms with Crippen molar-refractivity contribution in [2.75, 3.05) is 6.54 Å². The van der Waals surface area contributed by atoms with Gasteiger partial charge < -0.3 is 10.2 Å². The Morgan fingerprint density at radius 3 is 2.41 bits per heavy atom. The van der Waals surface area contributed by atoms with Crippen molar-refractivity contribution in [3.63, 3.8) is 0 Å². The molecular weight excluding hydrogens is 393 g/mol. The van der Waals surface area contributed by atoms with Crippen LogP contribution in [0.3, 0.4) is 0 Å². The molecule has 2 aromatic rings. The van der Waals surface area contributed by atoms with Gasteiger partial charge in [0.2, 0.25) is 11.8 Å². The minimum Gasteiger partial charge on any atom is -0.350 e. The van der Waals surface area contributed by atoms with Gasteiger partial charge in [-0.3, -0.25) is 9.59 Å². The van der Waals surface area contributed by atoms with Gasteiger partial charge in [0.1, 0.15) is 0 Å². The van der Waals surface area contributed by atoms with Gasteiger partial charge >= 0.3 is 0 Å². The standard InChI is InChI=1S/C22H25F2N2O2P/c1-15(16-6-8-19(9-7-16)22(23,24)29)25-20(27)10-11-21(28)26-13-12-17-4-2-3-5-18(17)14-26/h2-9,15H,10-14,29H2,1H3,(H,25,27). The number of nitrogens with one attached hydrogen (secondary N) is 1. The summed E-state index contributed by atoms with van der Waals surface area (Å²) in [7, 11) is 1.51. The van der Waals surface area contributed by atoms with E-state index in [-0.39, 0.29) is 36.3 Å². The number of alkyl halides is 2. The van der Waals surface area contributed by atoms with E-state index in [4.69, 9.17) is 0 Å². The Balaban J connectivity index is 1.48. The van der Waals surface area contributed by atoms with Crippen molar-refractivity contribution in [2.45, 2.75) is 44.4 Å². The quantitative estimate of drug-likeness (QED) is 0.717. The third-order valence-electron chi connectivity index (χ3n) is 5.22. The third-order valence-corrected chi connectivity index (χ3v) is 5.56. The highest BCUT2D eigenvalue weighted by molar-refractivity contribution is 7.17. The molecule has 2 amide bonds. The van der Waals surface area contributed by atoms with Crippen LogP contribution in [0, 0.1) is 0 Å². The molecule has 2 unspecified atom stereocenters. The summed E-state index contributed by atoms with van der Waals surface area (Å²) in [4.78, 5) is 26.5. The van der Waals surface area contributed by atoms with E-state index in [0.29, 0.717) is 13.1 Å². The Labute approximate surface area is 171 Å². The molecule has 1 aliphatic heterocycles. The molecule has 2 atom stereocenters. The van der Waals surface area contributed by atoms with E-state index in [1.54, 1.807) is 24.0 Å². The fraction of sp³-hybridized carbons (Fsp3) is 0.364. The molecule has 0 spiro atoms. The Morgan fingerprint density at radius 1 is 1.10 bits per heavy atom. The van der Waals surface area contributed by atoms with E-state index in [0.717, 1.165) is 17.5 Å². The number of hydrogen-bond acceptors (Lipinski definition) is 2. The summed E-state index contributed by atoms with van der Waals surface area (Å²) in [6.45, 7) is 3.04. The van der Waals surface area contributed by atoms with Gasteiger partial charge in [-0.2, -0.15) is 8.78 Å². The number of carbonyl (C=O) groups excluding carboxylic acids is 2. The minimum absolute atomic E-state index is 0.0330. The van der Waals surface area contributed by atoms with Crippen molar-refractivity contribution in [3.8, 4) is 0 Å². The number of carbonyl (C=O) groups is 2. The Kier molecular flexibility index (Phi) is 6.63. The summed E-state index contributed by atoms with van der Waals surface area (Å²) in [6, 6.07) is 13.6. The van der Waals surface area contributed by atoms with E-state index in [2.05, 4.69) is 11.4 Å². The smallest absolute Gasteiger partial charge is 0.283 e. The molecule has 0 aliphatic carbocycles. The first-order chi connectivity index (χ1) is 13.7. The van der Waals surface area contributed by atoms with Crippen molar-refractivity contribution in [3.05, 3.63) is 70.8 Å². The second kappa shape index (κ2) is 9.00. The first-order valence-electron chi connectivity index (χ1n) is 9.65. The predicted molar refractivity (Wildman–Crippen MR) is 111 cm³/mol. The zero-order chi connectivity index (χ0) is 21.0. The second-order valence-electron chi connectivity index (χ2n) is 7.37. The van der Waals surface area contributed by atoms with Crippen LogP contribution in [-0.4, -0.2) is 23.3 Å². The van der Waals surface area contributed by atoms with Crippen LogP contribution in [-0.2, 0) is 28.2 Å². The molecule has 2 aromatic carbocycles. The number of rotatable bonds is 6. The molecule has 7 heteroatoms. The lowest BCUT2D eigenvalue weighted by atomic mass is 9.99. The molecule has 29 heavy (non-hydrogen) atoms. The van der Waals surface area contributed by atoms with E-state index in [9.17, 15) is 18.4 Å². The number of nitrogens with zero attached hydrogens (tertiary/aromatic N) is 1. The van der Waals surface area contributed by atoms with Gasteiger partial charge in [0.25, 0.3) is 5.66 Å². The van der Waals surface area contributed by atoms with Crippen molar-refractivity contribution in [2.24, 2.45) is 0 Å². The zero-order valence-corrected chi connectivity index (χ0v) is 17.5. The molecule has 0 radical (unpaired) electrons. The minimum atomic E-state index is -2.97. The highest BCUT2D eigenvalue weighted by Crippen LogP contribution is 2.35. The van der Waals surface area contributed by atoms with Crippen LogP contribution in [0.2, 0.25) is 0 Å². The van der Waals surface area contributed by atoms with Gasteiger partial charge in [-0.15, -0.1) is 0 Å². The van der Waals surface area contributed by atoms with E-state index >= 15 is 0 Å². The maximum atomic E-state index is 13.3. The van der Waals surface area contributed by atoms with Gasteiger partial charge in [0, 0.05) is 31.5 Å². The topological polar surface area (TPSA) is 49.4 Å². The average molecular weight is 418 g/mol. The summed E-state index contributed by atoms with van der Waals surface area (Å²) in [5.41, 5.74) is 0.0902. The normalized spacial score (nSPS) is 14.8. The molecule has 0 saturated heterocycles. The SMILES string of the molecule is CC(NC(=O)CCC(=O)N1CCc2ccccc2C1)c1ccc(C(F)(F)P)cc1. The molecule has 1 heterocycles. The summed E-state index contributed by atoms with van der Waals surface area (Å²) < 4.78 is 26.5. The Hall–Kier alpha value is -2.33. The lowest BCUT2D eigenvalue weighted by Crippen LogP contribution is -2.36. The van der Waals surface area contributed by atoms with Crippen molar-refractivity contribution < 1.29 is 18.4 Å². The number of halogens is 2. The first kappa shape index (κ1) is 21.4. The molecule has 154 valence electrons. The lowest BCUT2D eigenvalue weighted by Gasteiger charge is -2.29. The molecule has 1 aliphatic rings. The van der Waals surface area contributed by atoms with Gasteiger partial charge in [0.15, 0.2) is 0 Å². The van der Waals surface area contributed by atoms with Crippen LogP contribution in [0.1, 0.15) is 48.1 Å². The van der Waals surface area contributed by atoms with Gasteiger partial charge in [-0.05, 0) is 30.0 Å². The van der Waals surface area contributed by atoms with Crippen LogP contribution in [0.25, 0.3) is 0 Å². The van der Waals surface area contributed by atoms with Crippen LogP contribution in [0.4, 0.5) is 8.78 Å². The largest absolute Gasteiger partial charge is 0.350 e. The molecular formula is C22H25F2N2O2P. The monoisotopic (exact) mass is 418 g/mol. The van der Waals surface area contributed by atoms with Crippen LogP contribution < -0.4 is 5.32 Å². The summed E-state index contributed by atoms with van der Waals surface area (Å²) in [5.74, 6) is -0.266. The summed E-state index contributed by atoms with van der Waals surface area (Å²) in [5, 5.41) is 2.83. The lowest BCUT2D eigenvalue weighted by molar-refractivity contribution is -0.134. The average Bonchev–Trinajstić information content (AvgIpc) is 2.71. The maximum Gasteiger partial charge on any atom is 0.283 e.